The van der Waals surface area contributed by atoms with Crippen molar-refractivity contribution in [2.24, 2.45) is 0 Å². The molecule has 3 aliphatic heterocycles. The Balaban J connectivity index is 1.71. The average molecular weight is 615 g/mol. The molecule has 5 rings (SSSR count). The molecular formula is C27H34O16. The summed E-state index contributed by atoms with van der Waals surface area (Å²) >= 11 is 0. The highest BCUT2D eigenvalue weighted by Crippen LogP contribution is 2.55. The lowest BCUT2D eigenvalue weighted by Crippen LogP contribution is -2.55. The highest BCUT2D eigenvalue weighted by molar-refractivity contribution is 5.65. The van der Waals surface area contributed by atoms with Crippen molar-refractivity contribution in [2.75, 3.05) is 13.2 Å². The lowest BCUT2D eigenvalue weighted by atomic mass is 9.82. The number of rotatable bonds is 5. The van der Waals surface area contributed by atoms with Crippen LogP contribution in [0.1, 0.15) is 40.6 Å². The quantitative estimate of drug-likeness (QED) is 0.146. The van der Waals surface area contributed by atoms with Gasteiger partial charge in [-0.15, -0.1) is 0 Å². The third kappa shape index (κ3) is 5.13. The topological polar surface area (TPSA) is 291 Å². The summed E-state index contributed by atoms with van der Waals surface area (Å²) in [7, 11) is 0. The molecule has 0 bridgehead atoms. The Morgan fingerprint density at radius 3 is 1.65 bits per heavy atom. The van der Waals surface area contributed by atoms with Crippen molar-refractivity contribution in [1.82, 2.24) is 0 Å². The fraction of sp³-hybridized carbons (Fsp3) is 0.556. The number of aromatic hydroxyl groups is 4. The van der Waals surface area contributed by atoms with E-state index in [-0.39, 0.29) is 16.9 Å². The molecule has 3 aliphatic rings. The number of hydrogen-bond donors (Lipinski definition) is 13. The Labute approximate surface area is 243 Å². The minimum absolute atomic E-state index is 0.144. The SMILES string of the molecule is OC[C@H]1O[C@@H](c2c(O)c3c(c([C@@H]4O[C@H](CO)[C@H](O)[C@H](O)[C@H]4O)c2O)O[C@@H](c2ccc(O)c(O)c2)[C@H](O)C3)[C@H](O)[C@@H](O)[C@H]1O. The average Bonchev–Trinajstić information content (AvgIpc) is 2.98. The first-order chi connectivity index (χ1) is 20.3. The van der Waals surface area contributed by atoms with Crippen LogP contribution in [0.3, 0.4) is 0 Å². The Kier molecular flexibility index (Phi) is 8.64. The van der Waals surface area contributed by atoms with Crippen LogP contribution in [-0.4, -0.2) is 135 Å². The van der Waals surface area contributed by atoms with Crippen molar-refractivity contribution in [3.8, 4) is 28.7 Å². The van der Waals surface area contributed by atoms with Crippen molar-refractivity contribution in [1.29, 1.82) is 0 Å². The Morgan fingerprint density at radius 1 is 0.605 bits per heavy atom. The molecule has 12 atom stereocenters. The first kappa shape index (κ1) is 31.4. The molecule has 13 N–H and O–H groups in total. The zero-order chi connectivity index (χ0) is 31.5. The van der Waals surface area contributed by atoms with Gasteiger partial charge in [0.05, 0.1) is 30.4 Å². The summed E-state index contributed by atoms with van der Waals surface area (Å²) in [6.07, 6.45) is -21.1. The third-order valence-electron chi connectivity index (χ3n) is 8.26. The highest BCUT2D eigenvalue weighted by atomic mass is 16.6. The number of aliphatic hydroxyl groups excluding tert-OH is 9. The van der Waals surface area contributed by atoms with Gasteiger partial charge in [0, 0.05) is 12.0 Å². The second-order valence-electron chi connectivity index (χ2n) is 10.9. The van der Waals surface area contributed by atoms with Crippen molar-refractivity contribution in [3.63, 3.8) is 0 Å². The second kappa shape index (κ2) is 11.8. The van der Waals surface area contributed by atoms with E-state index in [2.05, 4.69) is 0 Å². The van der Waals surface area contributed by atoms with Crippen molar-refractivity contribution >= 4 is 0 Å². The minimum Gasteiger partial charge on any atom is -0.507 e. The standard InChI is InChI=1S/C27H34O16/c28-5-12-17(34)20(37)22(39)26(41-12)14-16(33)8-4-11(32)24(7-1-2-9(30)10(31)3-7)43-25(8)15(19(14)36)27-23(40)21(38)18(35)13(6-29)42-27/h1-3,11-13,17-18,20-24,26-40H,4-6H2/t11-,12-,13-,17+,18+,20+,21+,22-,23-,24+,26+,27+/m1/s1. The van der Waals surface area contributed by atoms with E-state index in [1.165, 1.54) is 6.07 Å². The normalized spacial score (nSPS) is 37.9. The predicted molar refractivity (Wildman–Crippen MR) is 138 cm³/mol. The number of phenolic OH excluding ortho intramolecular Hbond substituents is 4. The van der Waals surface area contributed by atoms with Gasteiger partial charge in [0.25, 0.3) is 0 Å². The van der Waals surface area contributed by atoms with E-state index in [1.807, 2.05) is 0 Å². The lowest BCUT2D eigenvalue weighted by molar-refractivity contribution is -0.234. The molecule has 0 radical (unpaired) electrons. The third-order valence-corrected chi connectivity index (χ3v) is 8.26. The van der Waals surface area contributed by atoms with Crippen LogP contribution in [0.25, 0.3) is 0 Å². The molecule has 2 fully saturated rings. The Morgan fingerprint density at radius 2 is 1.14 bits per heavy atom. The molecule has 2 saturated heterocycles. The molecule has 16 heteroatoms. The van der Waals surface area contributed by atoms with Crippen LogP contribution in [0.4, 0.5) is 0 Å². The number of benzene rings is 2. The minimum atomic E-state index is -1.99. The molecule has 0 unspecified atom stereocenters. The Bertz CT molecular complexity index is 1330. The molecule has 0 aromatic heterocycles. The van der Waals surface area contributed by atoms with Crippen LogP contribution in [-0.2, 0) is 15.9 Å². The van der Waals surface area contributed by atoms with E-state index in [4.69, 9.17) is 14.2 Å². The van der Waals surface area contributed by atoms with Crippen LogP contribution < -0.4 is 4.74 Å². The van der Waals surface area contributed by atoms with Gasteiger partial charge in [-0.25, -0.2) is 0 Å². The number of aliphatic hydroxyl groups is 9. The molecule has 0 spiro atoms. The summed E-state index contributed by atoms with van der Waals surface area (Å²) in [5.41, 5.74) is -1.16. The smallest absolute Gasteiger partial charge is 0.157 e. The first-order valence-corrected chi connectivity index (χ1v) is 13.4. The van der Waals surface area contributed by atoms with Gasteiger partial charge in [-0.1, -0.05) is 6.07 Å². The zero-order valence-electron chi connectivity index (χ0n) is 22.3. The summed E-state index contributed by atoms with van der Waals surface area (Å²) in [5, 5.41) is 136. The van der Waals surface area contributed by atoms with Crippen molar-refractivity contribution < 1.29 is 80.6 Å². The van der Waals surface area contributed by atoms with E-state index in [0.29, 0.717) is 0 Å². The molecule has 43 heavy (non-hydrogen) atoms. The lowest BCUT2D eigenvalue weighted by Gasteiger charge is -2.44. The molecule has 16 nitrogen and oxygen atoms in total. The van der Waals surface area contributed by atoms with Gasteiger partial charge in [-0.3, -0.25) is 0 Å². The number of ether oxygens (including phenoxy) is 3. The summed E-state index contributed by atoms with van der Waals surface area (Å²) in [6.45, 7) is -1.67. The van der Waals surface area contributed by atoms with Gasteiger partial charge in [-0.2, -0.15) is 0 Å². The monoisotopic (exact) mass is 614 g/mol. The van der Waals surface area contributed by atoms with Crippen LogP contribution in [0.2, 0.25) is 0 Å². The van der Waals surface area contributed by atoms with Crippen molar-refractivity contribution in [3.05, 3.63) is 40.5 Å². The summed E-state index contributed by atoms with van der Waals surface area (Å²) < 4.78 is 17.2. The van der Waals surface area contributed by atoms with E-state index >= 15 is 0 Å². The number of hydrogen-bond acceptors (Lipinski definition) is 16. The summed E-state index contributed by atoms with van der Waals surface area (Å²) in [5.74, 6) is -3.13. The molecule has 2 aromatic carbocycles. The van der Waals surface area contributed by atoms with Gasteiger partial charge in [0.2, 0.25) is 0 Å². The van der Waals surface area contributed by atoms with Crippen LogP contribution >= 0.6 is 0 Å². The maximum atomic E-state index is 11.6. The predicted octanol–water partition coefficient (Wildman–Crippen LogP) is -3.42. The highest BCUT2D eigenvalue weighted by Gasteiger charge is 2.51. The van der Waals surface area contributed by atoms with E-state index in [9.17, 15) is 66.4 Å². The van der Waals surface area contributed by atoms with Gasteiger partial charge < -0.3 is 80.6 Å². The second-order valence-corrected chi connectivity index (χ2v) is 10.9. The largest absolute Gasteiger partial charge is 0.507 e. The maximum absolute atomic E-state index is 11.6. The van der Waals surface area contributed by atoms with Crippen LogP contribution in [0.5, 0.6) is 28.7 Å². The van der Waals surface area contributed by atoms with E-state index < -0.39 is 127 Å². The molecule has 0 amide bonds. The van der Waals surface area contributed by atoms with Crippen molar-refractivity contribution in [2.45, 2.75) is 79.7 Å². The molecule has 0 aliphatic carbocycles. The van der Waals surface area contributed by atoms with Gasteiger partial charge in [-0.05, 0) is 17.7 Å². The zero-order valence-corrected chi connectivity index (χ0v) is 22.3. The van der Waals surface area contributed by atoms with Gasteiger partial charge >= 0.3 is 0 Å². The molecule has 3 heterocycles. The summed E-state index contributed by atoms with van der Waals surface area (Å²) in [4.78, 5) is 0. The maximum Gasteiger partial charge on any atom is 0.157 e. The first-order valence-electron chi connectivity index (χ1n) is 13.4. The molecule has 0 saturated carbocycles. The van der Waals surface area contributed by atoms with E-state index in [1.54, 1.807) is 0 Å². The molecule has 238 valence electrons. The number of fused-ring (bicyclic) bond motifs is 1. The molecule has 2 aromatic rings. The van der Waals surface area contributed by atoms with Crippen LogP contribution in [0.15, 0.2) is 18.2 Å². The number of phenols is 4. The molecular weight excluding hydrogens is 580 g/mol. The fourth-order valence-electron chi connectivity index (χ4n) is 5.86. The van der Waals surface area contributed by atoms with Gasteiger partial charge in [0.1, 0.15) is 84.4 Å². The summed E-state index contributed by atoms with van der Waals surface area (Å²) in [6, 6.07) is 3.55. The van der Waals surface area contributed by atoms with Gasteiger partial charge in [0.15, 0.2) is 11.5 Å². The Hall–Kier alpha value is -3.00. The van der Waals surface area contributed by atoms with E-state index in [0.717, 1.165) is 12.1 Å². The van der Waals surface area contributed by atoms with Crippen LogP contribution in [0, 0.1) is 0 Å². The fourth-order valence-corrected chi connectivity index (χ4v) is 5.86.